The highest BCUT2D eigenvalue weighted by Crippen LogP contribution is 2.37. The van der Waals surface area contributed by atoms with Crippen LogP contribution in [0.1, 0.15) is 31.4 Å². The van der Waals surface area contributed by atoms with E-state index < -0.39 is 9.84 Å². The van der Waals surface area contributed by atoms with Crippen LogP contribution in [0.15, 0.2) is 18.2 Å². The molecule has 0 aromatic heterocycles. The summed E-state index contributed by atoms with van der Waals surface area (Å²) in [7, 11) is -2.93. The number of rotatable bonds is 6. The molecule has 0 fully saturated rings. The maximum atomic E-state index is 11.5. The molecule has 0 amide bonds. The second kappa shape index (κ2) is 6.45. The van der Waals surface area contributed by atoms with Gasteiger partial charge in [0.2, 0.25) is 0 Å². The van der Waals surface area contributed by atoms with Crippen LogP contribution < -0.4 is 15.2 Å². The zero-order chi connectivity index (χ0) is 14.6. The Morgan fingerprint density at radius 3 is 2.80 bits per heavy atom. The van der Waals surface area contributed by atoms with Crippen LogP contribution in [0.2, 0.25) is 0 Å². The minimum absolute atomic E-state index is 0.180. The van der Waals surface area contributed by atoms with Gasteiger partial charge in [-0.25, -0.2) is 8.42 Å². The van der Waals surface area contributed by atoms with Crippen LogP contribution in [0.5, 0.6) is 11.5 Å². The molecule has 1 unspecified atom stereocenters. The lowest BCUT2D eigenvalue weighted by Crippen LogP contribution is -2.20. The number of ether oxygens (including phenoxy) is 2. The summed E-state index contributed by atoms with van der Waals surface area (Å²) in [5, 5.41) is 0. The van der Waals surface area contributed by atoms with E-state index in [9.17, 15) is 8.42 Å². The van der Waals surface area contributed by atoms with Gasteiger partial charge < -0.3 is 15.2 Å². The van der Waals surface area contributed by atoms with Gasteiger partial charge in [-0.3, -0.25) is 0 Å². The molecule has 1 aliphatic heterocycles. The average molecular weight is 299 g/mol. The van der Waals surface area contributed by atoms with Crippen molar-refractivity contribution in [2.45, 2.75) is 25.8 Å². The second-order valence-corrected chi connectivity index (χ2v) is 7.33. The Morgan fingerprint density at radius 1 is 1.30 bits per heavy atom. The molecule has 112 valence electrons. The van der Waals surface area contributed by atoms with Crippen LogP contribution in [0.3, 0.4) is 0 Å². The van der Waals surface area contributed by atoms with Crippen LogP contribution in [-0.4, -0.2) is 33.1 Å². The van der Waals surface area contributed by atoms with Gasteiger partial charge in [-0.2, -0.15) is 0 Å². The highest BCUT2D eigenvalue weighted by molar-refractivity contribution is 7.91. The van der Waals surface area contributed by atoms with Crippen LogP contribution in [0.25, 0.3) is 0 Å². The Hall–Kier alpha value is -1.27. The minimum Gasteiger partial charge on any atom is -0.486 e. The van der Waals surface area contributed by atoms with Crippen molar-refractivity contribution in [3.05, 3.63) is 23.8 Å². The molecule has 1 heterocycles. The Labute approximate surface area is 120 Å². The largest absolute Gasteiger partial charge is 0.486 e. The highest BCUT2D eigenvalue weighted by atomic mass is 32.2. The summed E-state index contributed by atoms with van der Waals surface area (Å²) in [4.78, 5) is 0. The van der Waals surface area contributed by atoms with Gasteiger partial charge in [0, 0.05) is 17.4 Å². The van der Waals surface area contributed by atoms with E-state index >= 15 is 0 Å². The Balaban J connectivity index is 2.01. The van der Waals surface area contributed by atoms with Gasteiger partial charge in [0.15, 0.2) is 11.5 Å². The molecule has 5 nitrogen and oxygen atoms in total. The van der Waals surface area contributed by atoms with Crippen molar-refractivity contribution in [2.24, 2.45) is 5.73 Å². The number of nitrogens with two attached hydrogens (primary N) is 1. The average Bonchev–Trinajstić information content (AvgIpc) is 2.46. The van der Waals surface area contributed by atoms with Crippen LogP contribution in [0, 0.1) is 0 Å². The van der Waals surface area contributed by atoms with Crippen molar-refractivity contribution < 1.29 is 17.9 Å². The summed E-state index contributed by atoms with van der Waals surface area (Å²) in [6, 6.07) is 5.41. The summed E-state index contributed by atoms with van der Waals surface area (Å²) in [5.41, 5.74) is 7.04. The van der Waals surface area contributed by atoms with Gasteiger partial charge in [0.05, 0.1) is 5.75 Å². The molecule has 2 N–H and O–H groups in total. The zero-order valence-electron chi connectivity index (χ0n) is 11.7. The molecule has 1 aliphatic rings. The number of sulfone groups is 1. The fraction of sp³-hybridized carbons (Fsp3) is 0.571. The number of hydrogen-bond acceptors (Lipinski definition) is 5. The molecule has 0 saturated carbocycles. The quantitative estimate of drug-likeness (QED) is 0.864. The van der Waals surface area contributed by atoms with Gasteiger partial charge in [0.1, 0.15) is 23.1 Å². The molecule has 20 heavy (non-hydrogen) atoms. The lowest BCUT2D eigenvalue weighted by Gasteiger charge is -2.23. The summed E-state index contributed by atoms with van der Waals surface area (Å²) >= 11 is 0. The van der Waals surface area contributed by atoms with Gasteiger partial charge in [0.25, 0.3) is 0 Å². The third-order valence-electron chi connectivity index (χ3n) is 3.41. The van der Waals surface area contributed by atoms with Crippen molar-refractivity contribution in [1.29, 1.82) is 0 Å². The number of para-hydroxylation sites is 1. The van der Waals surface area contributed by atoms with E-state index in [4.69, 9.17) is 15.2 Å². The van der Waals surface area contributed by atoms with Crippen molar-refractivity contribution in [3.8, 4) is 11.5 Å². The third kappa shape index (κ3) is 3.64. The van der Waals surface area contributed by atoms with E-state index in [1.54, 1.807) is 6.92 Å². The standard InChI is InChI=1S/C14H21NO4S/c1-2-20(16,17)10-4-6-12(15)11-5-3-7-13-14(11)19-9-8-18-13/h3,5,7,12H,2,4,6,8-10,15H2,1H3. The zero-order valence-corrected chi connectivity index (χ0v) is 12.5. The molecule has 2 rings (SSSR count). The van der Waals surface area contributed by atoms with Crippen molar-refractivity contribution >= 4 is 9.84 Å². The summed E-state index contributed by atoms with van der Waals surface area (Å²) in [6.07, 6.45) is 1.17. The summed E-state index contributed by atoms with van der Waals surface area (Å²) in [6.45, 7) is 2.72. The van der Waals surface area contributed by atoms with Crippen LogP contribution in [-0.2, 0) is 9.84 Å². The predicted molar refractivity (Wildman–Crippen MR) is 77.9 cm³/mol. The van der Waals surface area contributed by atoms with Gasteiger partial charge >= 0.3 is 0 Å². The second-order valence-electron chi connectivity index (χ2n) is 4.86. The topological polar surface area (TPSA) is 78.6 Å². The Kier molecular flexibility index (Phi) is 4.88. The first-order valence-corrected chi connectivity index (χ1v) is 8.70. The van der Waals surface area contributed by atoms with E-state index in [0.717, 1.165) is 5.56 Å². The molecule has 0 spiro atoms. The fourth-order valence-electron chi connectivity index (χ4n) is 2.21. The predicted octanol–water partition coefficient (Wildman–Crippen LogP) is 1.67. The van der Waals surface area contributed by atoms with Crippen molar-refractivity contribution in [2.75, 3.05) is 24.7 Å². The van der Waals surface area contributed by atoms with Crippen molar-refractivity contribution in [3.63, 3.8) is 0 Å². The SMILES string of the molecule is CCS(=O)(=O)CCCC(N)c1cccc2c1OCCO2. The fourth-order valence-corrected chi connectivity index (χ4v) is 3.11. The maximum absolute atomic E-state index is 11.5. The monoisotopic (exact) mass is 299 g/mol. The van der Waals surface area contributed by atoms with Gasteiger partial charge in [-0.1, -0.05) is 19.1 Å². The minimum atomic E-state index is -2.93. The molecule has 1 aromatic carbocycles. The molecular formula is C14H21NO4S. The smallest absolute Gasteiger partial charge is 0.166 e. The molecule has 1 atom stereocenters. The molecule has 0 radical (unpaired) electrons. The highest BCUT2D eigenvalue weighted by Gasteiger charge is 2.20. The number of fused-ring (bicyclic) bond motifs is 1. The lowest BCUT2D eigenvalue weighted by atomic mass is 10.0. The molecule has 6 heteroatoms. The van der Waals surface area contributed by atoms with Crippen molar-refractivity contribution in [1.82, 2.24) is 0 Å². The first-order chi connectivity index (χ1) is 9.53. The summed E-state index contributed by atoms with van der Waals surface area (Å²) < 4.78 is 34.1. The number of benzene rings is 1. The normalized spacial score (nSPS) is 15.9. The van der Waals surface area contributed by atoms with Crippen LogP contribution >= 0.6 is 0 Å². The van der Waals surface area contributed by atoms with E-state index in [1.807, 2.05) is 18.2 Å². The third-order valence-corrected chi connectivity index (χ3v) is 5.20. The van der Waals surface area contributed by atoms with Crippen LogP contribution in [0.4, 0.5) is 0 Å². The molecule has 1 aromatic rings. The molecule has 0 aliphatic carbocycles. The molecule has 0 bridgehead atoms. The molecular weight excluding hydrogens is 278 g/mol. The van der Waals surface area contributed by atoms with Gasteiger partial charge in [-0.15, -0.1) is 0 Å². The Morgan fingerprint density at radius 2 is 2.05 bits per heavy atom. The first-order valence-electron chi connectivity index (χ1n) is 6.88. The van der Waals surface area contributed by atoms with E-state index in [0.29, 0.717) is 37.6 Å². The lowest BCUT2D eigenvalue weighted by molar-refractivity contribution is 0.169. The summed E-state index contributed by atoms with van der Waals surface area (Å²) in [5.74, 6) is 1.78. The maximum Gasteiger partial charge on any atom is 0.166 e. The Bertz CT molecular complexity index is 556. The molecule has 0 saturated heterocycles. The first kappa shape index (κ1) is 15.1. The van der Waals surface area contributed by atoms with Gasteiger partial charge in [-0.05, 0) is 18.9 Å². The number of hydrogen-bond donors (Lipinski definition) is 1. The van der Waals surface area contributed by atoms with E-state index in [-0.39, 0.29) is 17.5 Å². The van der Waals surface area contributed by atoms with E-state index in [2.05, 4.69) is 0 Å². The van der Waals surface area contributed by atoms with E-state index in [1.165, 1.54) is 0 Å².